The summed E-state index contributed by atoms with van der Waals surface area (Å²) in [6.07, 6.45) is 2.35. The molecule has 158 valence electrons. The van der Waals surface area contributed by atoms with Crippen molar-refractivity contribution in [2.24, 2.45) is 0 Å². The molecule has 0 spiro atoms. The molecule has 0 aliphatic carbocycles. The number of aromatic nitrogens is 2. The number of benzene rings is 2. The lowest BCUT2D eigenvalue weighted by Crippen LogP contribution is -2.27. The predicted octanol–water partition coefficient (Wildman–Crippen LogP) is 5.54. The highest BCUT2D eigenvalue weighted by atomic mass is 35.5. The molecule has 1 saturated heterocycles. The normalized spacial score (nSPS) is 16.6. The van der Waals surface area contributed by atoms with Crippen molar-refractivity contribution < 1.29 is 13.9 Å². The molecule has 3 aromatic rings. The summed E-state index contributed by atoms with van der Waals surface area (Å²) in [7, 11) is 0. The van der Waals surface area contributed by atoms with Crippen molar-refractivity contribution in [1.82, 2.24) is 9.97 Å². The van der Waals surface area contributed by atoms with Crippen LogP contribution < -0.4 is 15.4 Å². The van der Waals surface area contributed by atoms with Gasteiger partial charge >= 0.3 is 0 Å². The van der Waals surface area contributed by atoms with Crippen molar-refractivity contribution in [3.05, 3.63) is 47.5 Å². The average molecular weight is 431 g/mol. The highest BCUT2D eigenvalue weighted by Crippen LogP contribution is 2.36. The summed E-state index contributed by atoms with van der Waals surface area (Å²) in [5, 5.41) is 7.56. The first kappa shape index (κ1) is 20.6. The van der Waals surface area contributed by atoms with Gasteiger partial charge in [-0.25, -0.2) is 14.4 Å². The number of nitrogens with one attached hydrogen (secondary N) is 2. The number of ether oxygens (including phenoxy) is 2. The fourth-order valence-corrected chi connectivity index (χ4v) is 3.46. The van der Waals surface area contributed by atoms with Gasteiger partial charge in [-0.1, -0.05) is 11.6 Å². The molecule has 6 nitrogen and oxygen atoms in total. The molecular weight excluding hydrogens is 407 g/mol. The highest BCUT2D eigenvalue weighted by Gasteiger charge is 2.22. The Hall–Kier alpha value is -2.64. The van der Waals surface area contributed by atoms with E-state index in [9.17, 15) is 4.39 Å². The monoisotopic (exact) mass is 430 g/mol. The van der Waals surface area contributed by atoms with Gasteiger partial charge in [-0.2, -0.15) is 0 Å². The molecule has 1 atom stereocenters. The Kier molecular flexibility index (Phi) is 5.66. The number of hydrogen-bond donors (Lipinski definition) is 2. The molecule has 4 rings (SSSR count). The summed E-state index contributed by atoms with van der Waals surface area (Å²) >= 11 is 5.91. The topological polar surface area (TPSA) is 68.3 Å². The molecule has 0 saturated carbocycles. The number of fused-ring (bicyclic) bond motifs is 1. The summed E-state index contributed by atoms with van der Waals surface area (Å²) < 4.78 is 25.2. The van der Waals surface area contributed by atoms with Crippen LogP contribution in [0.15, 0.2) is 36.7 Å². The second kappa shape index (κ2) is 8.24. The first-order chi connectivity index (χ1) is 14.3. The molecule has 0 amide bonds. The van der Waals surface area contributed by atoms with Crippen LogP contribution in [0.5, 0.6) is 5.75 Å². The number of nitrogens with zero attached hydrogens (tertiary/aromatic N) is 2. The Bertz CT molecular complexity index is 1060. The van der Waals surface area contributed by atoms with E-state index in [4.69, 9.17) is 21.1 Å². The van der Waals surface area contributed by atoms with E-state index in [1.54, 1.807) is 6.07 Å². The molecule has 2 heterocycles. The van der Waals surface area contributed by atoms with Gasteiger partial charge in [0.25, 0.3) is 0 Å². The minimum absolute atomic E-state index is 0.0174. The van der Waals surface area contributed by atoms with Crippen LogP contribution in [0.1, 0.15) is 27.2 Å². The number of anilines is 3. The number of rotatable bonds is 5. The molecule has 2 aromatic carbocycles. The molecule has 8 heteroatoms. The molecule has 0 radical (unpaired) electrons. The van der Waals surface area contributed by atoms with E-state index in [0.29, 0.717) is 24.7 Å². The van der Waals surface area contributed by atoms with Crippen molar-refractivity contribution in [2.75, 3.05) is 23.8 Å². The van der Waals surface area contributed by atoms with Gasteiger partial charge in [0.1, 0.15) is 29.8 Å². The van der Waals surface area contributed by atoms with Crippen molar-refractivity contribution in [3.63, 3.8) is 0 Å². The Morgan fingerprint density at radius 3 is 2.73 bits per heavy atom. The van der Waals surface area contributed by atoms with Crippen LogP contribution in [-0.2, 0) is 4.74 Å². The Balaban J connectivity index is 1.74. The molecule has 1 unspecified atom stereocenters. The zero-order valence-corrected chi connectivity index (χ0v) is 17.9. The second-order valence-corrected chi connectivity index (χ2v) is 8.73. The van der Waals surface area contributed by atoms with Crippen molar-refractivity contribution in [2.45, 2.75) is 38.8 Å². The van der Waals surface area contributed by atoms with E-state index in [2.05, 4.69) is 41.4 Å². The molecular formula is C22H24ClFN4O2. The van der Waals surface area contributed by atoms with Gasteiger partial charge in [-0.15, -0.1) is 0 Å². The molecule has 30 heavy (non-hydrogen) atoms. The van der Waals surface area contributed by atoms with E-state index >= 15 is 0 Å². The third-order valence-corrected chi connectivity index (χ3v) is 4.90. The van der Waals surface area contributed by atoms with E-state index in [1.165, 1.54) is 18.5 Å². The second-order valence-electron chi connectivity index (χ2n) is 8.32. The molecule has 2 N–H and O–H groups in total. The molecule has 1 aromatic heterocycles. The summed E-state index contributed by atoms with van der Waals surface area (Å²) in [5.41, 5.74) is 2.03. The van der Waals surface area contributed by atoms with Crippen LogP contribution in [0.3, 0.4) is 0 Å². The largest absolute Gasteiger partial charge is 0.486 e. The van der Waals surface area contributed by atoms with Crippen LogP contribution >= 0.6 is 11.6 Å². The zero-order chi connectivity index (χ0) is 21.3. The Labute approximate surface area is 179 Å². The first-order valence-corrected chi connectivity index (χ1v) is 10.2. The molecule has 0 bridgehead atoms. The van der Waals surface area contributed by atoms with Crippen LogP contribution in [0.2, 0.25) is 5.02 Å². The van der Waals surface area contributed by atoms with E-state index < -0.39 is 5.82 Å². The Morgan fingerprint density at radius 2 is 2.03 bits per heavy atom. The minimum Gasteiger partial charge on any atom is -0.486 e. The minimum atomic E-state index is -0.468. The summed E-state index contributed by atoms with van der Waals surface area (Å²) in [5.74, 6) is 0.849. The maximum absolute atomic E-state index is 13.5. The molecule has 1 fully saturated rings. The lowest BCUT2D eigenvalue weighted by Gasteiger charge is -2.25. The summed E-state index contributed by atoms with van der Waals surface area (Å²) in [4.78, 5) is 8.79. The molecule has 1 aliphatic heterocycles. The standard InChI is InChI=1S/C22H24ClFN4O2/c1-22(2,3)28-19-9-15-18(10-20(19)30-14-6-7-29-11-14)25-12-26-21(15)27-13-4-5-17(24)16(23)8-13/h4-5,8-10,12,14,28H,6-7,11H2,1-3H3,(H,25,26,27). The third-order valence-electron chi connectivity index (χ3n) is 4.61. The lowest BCUT2D eigenvalue weighted by atomic mass is 10.1. The van der Waals surface area contributed by atoms with Crippen molar-refractivity contribution in [3.8, 4) is 5.75 Å². The van der Waals surface area contributed by atoms with Crippen LogP contribution in [0.4, 0.5) is 21.6 Å². The van der Waals surface area contributed by atoms with E-state index in [-0.39, 0.29) is 16.7 Å². The zero-order valence-electron chi connectivity index (χ0n) is 17.1. The lowest BCUT2D eigenvalue weighted by molar-refractivity contribution is 0.142. The maximum atomic E-state index is 13.5. The van der Waals surface area contributed by atoms with Gasteiger partial charge < -0.3 is 20.1 Å². The van der Waals surface area contributed by atoms with Crippen molar-refractivity contribution in [1.29, 1.82) is 0 Å². The smallest absolute Gasteiger partial charge is 0.145 e. The van der Waals surface area contributed by atoms with Crippen LogP contribution in [0.25, 0.3) is 10.9 Å². The van der Waals surface area contributed by atoms with Gasteiger partial charge in [0, 0.05) is 29.1 Å². The Morgan fingerprint density at radius 1 is 1.20 bits per heavy atom. The fourth-order valence-electron chi connectivity index (χ4n) is 3.28. The highest BCUT2D eigenvalue weighted by molar-refractivity contribution is 6.31. The number of halogens is 2. The quantitative estimate of drug-likeness (QED) is 0.553. The third kappa shape index (κ3) is 4.74. The van der Waals surface area contributed by atoms with E-state index in [0.717, 1.165) is 28.8 Å². The summed E-state index contributed by atoms with van der Waals surface area (Å²) in [6, 6.07) is 8.33. The van der Waals surface area contributed by atoms with Gasteiger partial charge in [0.15, 0.2) is 0 Å². The van der Waals surface area contributed by atoms with Crippen LogP contribution in [0, 0.1) is 5.82 Å². The fraction of sp³-hybridized carbons (Fsp3) is 0.364. The van der Waals surface area contributed by atoms with Crippen LogP contribution in [-0.4, -0.2) is 34.8 Å². The van der Waals surface area contributed by atoms with Gasteiger partial charge in [-0.3, -0.25) is 0 Å². The first-order valence-electron chi connectivity index (χ1n) is 9.82. The van der Waals surface area contributed by atoms with Crippen molar-refractivity contribution >= 4 is 39.7 Å². The average Bonchev–Trinajstić information content (AvgIpc) is 3.18. The van der Waals surface area contributed by atoms with Gasteiger partial charge in [0.2, 0.25) is 0 Å². The van der Waals surface area contributed by atoms with E-state index in [1.807, 2.05) is 12.1 Å². The number of hydrogen-bond acceptors (Lipinski definition) is 6. The molecule has 1 aliphatic rings. The van der Waals surface area contributed by atoms with Gasteiger partial charge in [0.05, 0.1) is 29.4 Å². The summed E-state index contributed by atoms with van der Waals surface area (Å²) in [6.45, 7) is 7.54. The maximum Gasteiger partial charge on any atom is 0.145 e. The SMILES string of the molecule is CC(C)(C)Nc1cc2c(Nc3ccc(F)c(Cl)c3)ncnc2cc1OC1CCOC1. The van der Waals surface area contributed by atoms with Gasteiger partial charge in [-0.05, 0) is 45.0 Å². The predicted molar refractivity (Wildman–Crippen MR) is 117 cm³/mol.